The predicted molar refractivity (Wildman–Crippen MR) is 73.0 cm³/mol. The molecule has 18 heavy (non-hydrogen) atoms. The number of hydrazine groups is 1. The molecule has 6 nitrogen and oxygen atoms in total. The number of nitrogens with zero attached hydrogens (tertiary/aromatic N) is 3. The summed E-state index contributed by atoms with van der Waals surface area (Å²) in [5.41, 5.74) is 2.53. The van der Waals surface area contributed by atoms with Crippen molar-refractivity contribution >= 4 is 27.6 Å². The molecule has 2 rings (SSSR count). The van der Waals surface area contributed by atoms with Crippen LogP contribution in [0.1, 0.15) is 12.7 Å². The van der Waals surface area contributed by atoms with Crippen LogP contribution in [0.2, 0.25) is 0 Å². The molecule has 0 bridgehead atoms. The molecular formula is C11H14BrN5O. The fourth-order valence-electron chi connectivity index (χ4n) is 1.61. The van der Waals surface area contributed by atoms with Crippen molar-refractivity contribution in [1.82, 2.24) is 9.97 Å². The summed E-state index contributed by atoms with van der Waals surface area (Å²) in [5, 5.41) is 0. The van der Waals surface area contributed by atoms with E-state index in [1.54, 1.807) is 6.26 Å². The topological polar surface area (TPSA) is 80.2 Å². The van der Waals surface area contributed by atoms with Crippen molar-refractivity contribution in [3.63, 3.8) is 0 Å². The van der Waals surface area contributed by atoms with Crippen molar-refractivity contribution in [3.8, 4) is 0 Å². The average molecular weight is 312 g/mol. The molecule has 0 spiro atoms. The summed E-state index contributed by atoms with van der Waals surface area (Å²) in [6, 6.07) is 3.80. The van der Waals surface area contributed by atoms with E-state index in [1.165, 1.54) is 6.33 Å². The van der Waals surface area contributed by atoms with Gasteiger partial charge in [0.25, 0.3) is 0 Å². The van der Waals surface area contributed by atoms with E-state index in [0.717, 1.165) is 22.6 Å². The Bertz CT molecular complexity index is 502. The van der Waals surface area contributed by atoms with E-state index in [1.807, 2.05) is 19.1 Å². The highest BCUT2D eigenvalue weighted by molar-refractivity contribution is 9.10. The second-order valence-electron chi connectivity index (χ2n) is 3.60. The molecule has 0 amide bonds. The molecule has 0 aliphatic heterocycles. The van der Waals surface area contributed by atoms with Gasteiger partial charge in [-0.15, -0.1) is 0 Å². The maximum absolute atomic E-state index is 5.39. The van der Waals surface area contributed by atoms with Crippen molar-refractivity contribution in [1.29, 1.82) is 0 Å². The molecule has 0 saturated heterocycles. The lowest BCUT2D eigenvalue weighted by atomic mass is 10.3. The Morgan fingerprint density at radius 2 is 2.33 bits per heavy atom. The number of furan rings is 1. The van der Waals surface area contributed by atoms with Gasteiger partial charge in [-0.1, -0.05) is 0 Å². The number of rotatable bonds is 5. The Balaban J connectivity index is 2.27. The summed E-state index contributed by atoms with van der Waals surface area (Å²) in [5.74, 6) is 7.60. The Morgan fingerprint density at radius 1 is 1.50 bits per heavy atom. The first-order valence-electron chi connectivity index (χ1n) is 5.50. The lowest BCUT2D eigenvalue weighted by Gasteiger charge is -2.22. The zero-order valence-electron chi connectivity index (χ0n) is 9.93. The van der Waals surface area contributed by atoms with Gasteiger partial charge >= 0.3 is 0 Å². The molecule has 0 aromatic carbocycles. The predicted octanol–water partition coefficient (Wildman–Crippen LogP) is 2.14. The Hall–Kier alpha value is -1.60. The summed E-state index contributed by atoms with van der Waals surface area (Å²) in [7, 11) is 0. The van der Waals surface area contributed by atoms with Crippen molar-refractivity contribution in [2.45, 2.75) is 13.5 Å². The Labute approximate surface area is 113 Å². The maximum Gasteiger partial charge on any atom is 0.159 e. The Kier molecular flexibility index (Phi) is 4.16. The first kappa shape index (κ1) is 12.8. The highest BCUT2D eigenvalue weighted by atomic mass is 79.9. The van der Waals surface area contributed by atoms with Gasteiger partial charge in [0.05, 0.1) is 12.8 Å². The van der Waals surface area contributed by atoms with E-state index in [2.05, 4.69) is 36.2 Å². The zero-order valence-corrected chi connectivity index (χ0v) is 11.5. The van der Waals surface area contributed by atoms with Crippen LogP contribution in [0.25, 0.3) is 0 Å². The summed E-state index contributed by atoms with van der Waals surface area (Å²) in [4.78, 5) is 10.4. The quantitative estimate of drug-likeness (QED) is 0.650. The lowest BCUT2D eigenvalue weighted by molar-refractivity contribution is 0.502. The van der Waals surface area contributed by atoms with E-state index in [4.69, 9.17) is 10.3 Å². The van der Waals surface area contributed by atoms with E-state index in [9.17, 15) is 0 Å². The first-order valence-corrected chi connectivity index (χ1v) is 6.30. The summed E-state index contributed by atoms with van der Waals surface area (Å²) >= 11 is 3.45. The van der Waals surface area contributed by atoms with Gasteiger partial charge < -0.3 is 14.7 Å². The largest absolute Gasteiger partial charge is 0.467 e. The van der Waals surface area contributed by atoms with Gasteiger partial charge in [-0.2, -0.15) is 0 Å². The maximum atomic E-state index is 5.39. The molecule has 0 atom stereocenters. The van der Waals surface area contributed by atoms with Gasteiger partial charge in [0.15, 0.2) is 5.82 Å². The van der Waals surface area contributed by atoms with Crippen LogP contribution in [-0.2, 0) is 6.54 Å². The first-order chi connectivity index (χ1) is 8.76. The zero-order chi connectivity index (χ0) is 13.0. The minimum atomic E-state index is 0.554. The minimum absolute atomic E-state index is 0.554. The molecule has 3 N–H and O–H groups in total. The van der Waals surface area contributed by atoms with Crippen molar-refractivity contribution < 1.29 is 4.42 Å². The molecule has 2 heterocycles. The van der Waals surface area contributed by atoms with Crippen molar-refractivity contribution in [3.05, 3.63) is 35.0 Å². The van der Waals surface area contributed by atoms with Crippen LogP contribution in [0, 0.1) is 0 Å². The number of halogens is 1. The third-order valence-electron chi connectivity index (χ3n) is 2.52. The molecule has 2 aromatic heterocycles. The average Bonchev–Trinajstić information content (AvgIpc) is 2.89. The van der Waals surface area contributed by atoms with Crippen LogP contribution >= 0.6 is 15.9 Å². The number of hydrogen-bond donors (Lipinski definition) is 2. The highest BCUT2D eigenvalue weighted by Gasteiger charge is 2.15. The van der Waals surface area contributed by atoms with Gasteiger partial charge in [-0.05, 0) is 35.0 Å². The van der Waals surface area contributed by atoms with Crippen LogP contribution in [0.15, 0.2) is 33.6 Å². The number of nitrogens with one attached hydrogen (secondary N) is 1. The fraction of sp³-hybridized carbons (Fsp3) is 0.273. The second kappa shape index (κ2) is 5.83. The minimum Gasteiger partial charge on any atom is -0.467 e. The van der Waals surface area contributed by atoms with E-state index in [0.29, 0.717) is 12.4 Å². The second-order valence-corrected chi connectivity index (χ2v) is 4.39. The van der Waals surface area contributed by atoms with Crippen LogP contribution in [0.4, 0.5) is 11.6 Å². The molecule has 0 aliphatic carbocycles. The van der Waals surface area contributed by atoms with Gasteiger partial charge in [0.1, 0.15) is 22.4 Å². The van der Waals surface area contributed by atoms with E-state index in [-0.39, 0.29) is 0 Å². The number of nitrogen functional groups attached to an aromatic ring is 1. The van der Waals surface area contributed by atoms with Crippen LogP contribution in [0.3, 0.4) is 0 Å². The lowest BCUT2D eigenvalue weighted by Crippen LogP contribution is -2.24. The monoisotopic (exact) mass is 311 g/mol. The third-order valence-corrected chi connectivity index (χ3v) is 3.25. The summed E-state index contributed by atoms with van der Waals surface area (Å²) < 4.78 is 6.08. The summed E-state index contributed by atoms with van der Waals surface area (Å²) in [6.45, 7) is 3.48. The van der Waals surface area contributed by atoms with E-state index < -0.39 is 0 Å². The molecular weight excluding hydrogens is 298 g/mol. The van der Waals surface area contributed by atoms with E-state index >= 15 is 0 Å². The van der Waals surface area contributed by atoms with Gasteiger partial charge in [0.2, 0.25) is 0 Å². The van der Waals surface area contributed by atoms with Crippen LogP contribution in [-0.4, -0.2) is 16.5 Å². The van der Waals surface area contributed by atoms with Crippen LogP contribution < -0.4 is 16.2 Å². The van der Waals surface area contributed by atoms with Gasteiger partial charge in [-0.25, -0.2) is 15.8 Å². The molecule has 0 fully saturated rings. The van der Waals surface area contributed by atoms with Crippen molar-refractivity contribution in [2.75, 3.05) is 16.9 Å². The van der Waals surface area contributed by atoms with Gasteiger partial charge in [0, 0.05) is 6.54 Å². The molecule has 0 aliphatic rings. The standard InChI is InChI=1S/C11H14BrN5O/c1-2-17(6-8-4-3-5-18-8)11-9(12)10(16-13)14-7-15-11/h3-5,7H,2,6,13H2,1H3,(H,14,15,16). The summed E-state index contributed by atoms with van der Waals surface area (Å²) in [6.07, 6.45) is 3.13. The molecule has 0 radical (unpaired) electrons. The molecule has 0 saturated carbocycles. The number of hydrogen-bond acceptors (Lipinski definition) is 6. The number of anilines is 2. The molecule has 96 valence electrons. The van der Waals surface area contributed by atoms with Crippen LogP contribution in [0.5, 0.6) is 0 Å². The highest BCUT2D eigenvalue weighted by Crippen LogP contribution is 2.29. The smallest absolute Gasteiger partial charge is 0.159 e. The normalized spacial score (nSPS) is 10.4. The van der Waals surface area contributed by atoms with Gasteiger partial charge in [-0.3, -0.25) is 0 Å². The van der Waals surface area contributed by atoms with Crippen molar-refractivity contribution in [2.24, 2.45) is 5.84 Å². The molecule has 0 unspecified atom stereocenters. The molecule has 2 aromatic rings. The third kappa shape index (κ3) is 2.62. The Morgan fingerprint density at radius 3 is 2.94 bits per heavy atom. The SMILES string of the molecule is CCN(Cc1ccco1)c1ncnc(NN)c1Br. The number of aromatic nitrogens is 2. The fourth-order valence-corrected chi connectivity index (χ4v) is 2.18. The molecule has 7 heteroatoms. The number of nitrogens with two attached hydrogens (primary N) is 1.